The maximum atomic E-state index is 11.8. The minimum absolute atomic E-state index is 0.0212. The van der Waals surface area contributed by atoms with Crippen molar-refractivity contribution in [2.24, 2.45) is 5.41 Å². The molecule has 5 heteroatoms. The van der Waals surface area contributed by atoms with Crippen molar-refractivity contribution < 1.29 is 9.90 Å². The van der Waals surface area contributed by atoms with Crippen LogP contribution >= 0.6 is 0 Å². The molecule has 0 aromatic carbocycles. The molecule has 1 saturated carbocycles. The van der Waals surface area contributed by atoms with E-state index in [9.17, 15) is 9.90 Å². The van der Waals surface area contributed by atoms with E-state index in [0.29, 0.717) is 12.6 Å². The summed E-state index contributed by atoms with van der Waals surface area (Å²) in [5.74, 6) is 0. The van der Waals surface area contributed by atoms with Crippen LogP contribution in [0.4, 0.5) is 4.79 Å². The van der Waals surface area contributed by atoms with E-state index >= 15 is 0 Å². The van der Waals surface area contributed by atoms with Crippen molar-refractivity contribution in [2.75, 3.05) is 26.7 Å². The standard InChI is InChI=1S/C16H33N3O2/c1-16(2,3)11-13(12-20)18-15(21)17-9-10-19(4)14-7-5-6-8-14/h13-14,20H,5-12H2,1-4H3,(H2,17,18,21). The molecule has 1 rings (SSSR count). The molecule has 0 aromatic heterocycles. The molecular weight excluding hydrogens is 266 g/mol. The van der Waals surface area contributed by atoms with Crippen LogP contribution in [0.15, 0.2) is 0 Å². The van der Waals surface area contributed by atoms with Crippen molar-refractivity contribution in [2.45, 2.75) is 65.0 Å². The zero-order valence-electron chi connectivity index (χ0n) is 14.1. The first kappa shape index (κ1) is 18.2. The van der Waals surface area contributed by atoms with Crippen LogP contribution < -0.4 is 10.6 Å². The monoisotopic (exact) mass is 299 g/mol. The zero-order chi connectivity index (χ0) is 15.9. The van der Waals surface area contributed by atoms with Crippen molar-refractivity contribution in [3.05, 3.63) is 0 Å². The largest absolute Gasteiger partial charge is 0.394 e. The lowest BCUT2D eigenvalue weighted by Gasteiger charge is -2.26. The second-order valence-electron chi connectivity index (χ2n) is 7.46. The van der Waals surface area contributed by atoms with Gasteiger partial charge in [-0.2, -0.15) is 0 Å². The van der Waals surface area contributed by atoms with Crippen LogP contribution in [0.1, 0.15) is 52.9 Å². The molecule has 21 heavy (non-hydrogen) atoms. The lowest BCUT2D eigenvalue weighted by atomic mass is 9.88. The summed E-state index contributed by atoms with van der Waals surface area (Å²) in [5, 5.41) is 15.1. The van der Waals surface area contributed by atoms with Gasteiger partial charge in [-0.1, -0.05) is 33.6 Å². The summed E-state index contributed by atoms with van der Waals surface area (Å²) in [6.07, 6.45) is 5.97. The number of carbonyl (C=O) groups is 1. The van der Waals surface area contributed by atoms with E-state index in [4.69, 9.17) is 0 Å². The summed E-state index contributed by atoms with van der Waals surface area (Å²) in [6.45, 7) is 7.81. The quantitative estimate of drug-likeness (QED) is 0.673. The number of hydrogen-bond donors (Lipinski definition) is 3. The summed E-state index contributed by atoms with van der Waals surface area (Å²) in [4.78, 5) is 14.2. The Morgan fingerprint density at radius 3 is 2.48 bits per heavy atom. The van der Waals surface area contributed by atoms with Gasteiger partial charge in [0.15, 0.2) is 0 Å². The van der Waals surface area contributed by atoms with Gasteiger partial charge in [0.2, 0.25) is 0 Å². The zero-order valence-corrected chi connectivity index (χ0v) is 14.1. The number of amides is 2. The van der Waals surface area contributed by atoms with E-state index in [2.05, 4.69) is 43.4 Å². The van der Waals surface area contributed by atoms with Gasteiger partial charge < -0.3 is 20.6 Å². The maximum absolute atomic E-state index is 11.8. The molecule has 5 nitrogen and oxygen atoms in total. The first-order chi connectivity index (χ1) is 9.81. The molecule has 0 aliphatic heterocycles. The molecule has 124 valence electrons. The number of carbonyl (C=O) groups excluding carboxylic acids is 1. The fraction of sp³-hybridized carbons (Fsp3) is 0.938. The third kappa shape index (κ3) is 7.67. The first-order valence-electron chi connectivity index (χ1n) is 8.17. The minimum Gasteiger partial charge on any atom is -0.394 e. The molecule has 0 radical (unpaired) electrons. The Labute approximate surface area is 129 Å². The summed E-state index contributed by atoms with van der Waals surface area (Å²) in [5.41, 5.74) is 0.0867. The number of hydrogen-bond acceptors (Lipinski definition) is 3. The predicted molar refractivity (Wildman–Crippen MR) is 86.4 cm³/mol. The van der Waals surface area contributed by atoms with E-state index < -0.39 is 0 Å². The number of aliphatic hydroxyl groups is 1. The van der Waals surface area contributed by atoms with Gasteiger partial charge in [0.05, 0.1) is 12.6 Å². The molecule has 0 saturated heterocycles. The molecule has 3 N–H and O–H groups in total. The smallest absolute Gasteiger partial charge is 0.315 e. The fourth-order valence-electron chi connectivity index (χ4n) is 3.01. The number of likely N-dealkylation sites (N-methyl/N-ethyl adjacent to an activating group) is 1. The number of urea groups is 1. The van der Waals surface area contributed by atoms with Gasteiger partial charge in [-0.3, -0.25) is 0 Å². The molecule has 1 aliphatic rings. The number of nitrogens with one attached hydrogen (secondary N) is 2. The lowest BCUT2D eigenvalue weighted by Crippen LogP contribution is -2.47. The Morgan fingerprint density at radius 1 is 1.33 bits per heavy atom. The molecule has 0 heterocycles. The van der Waals surface area contributed by atoms with Crippen LogP contribution in [0.5, 0.6) is 0 Å². The van der Waals surface area contributed by atoms with Crippen LogP contribution in [0.2, 0.25) is 0 Å². The summed E-state index contributed by atoms with van der Waals surface area (Å²) < 4.78 is 0. The molecule has 1 aliphatic carbocycles. The first-order valence-corrected chi connectivity index (χ1v) is 8.17. The Morgan fingerprint density at radius 2 is 1.95 bits per heavy atom. The van der Waals surface area contributed by atoms with E-state index in [0.717, 1.165) is 13.0 Å². The summed E-state index contributed by atoms with van der Waals surface area (Å²) in [7, 11) is 2.13. The molecule has 0 spiro atoms. The highest BCUT2D eigenvalue weighted by Gasteiger charge is 2.21. The molecular formula is C16H33N3O2. The highest BCUT2D eigenvalue weighted by atomic mass is 16.3. The Bertz CT molecular complexity index is 309. The van der Waals surface area contributed by atoms with E-state index in [1.54, 1.807) is 0 Å². The van der Waals surface area contributed by atoms with Gasteiger partial charge in [0, 0.05) is 19.1 Å². The van der Waals surface area contributed by atoms with Gasteiger partial charge in [-0.15, -0.1) is 0 Å². The maximum Gasteiger partial charge on any atom is 0.315 e. The normalized spacial score (nSPS) is 18.0. The molecule has 0 aromatic rings. The van der Waals surface area contributed by atoms with Crippen LogP contribution in [-0.4, -0.2) is 54.9 Å². The highest BCUT2D eigenvalue weighted by Crippen LogP contribution is 2.22. The van der Waals surface area contributed by atoms with Gasteiger partial charge in [-0.25, -0.2) is 4.79 Å². The number of aliphatic hydroxyl groups excluding tert-OH is 1. The predicted octanol–water partition coefficient (Wildman–Crippen LogP) is 1.96. The Kier molecular flexibility index (Phi) is 7.46. The van der Waals surface area contributed by atoms with Crippen molar-refractivity contribution in [3.63, 3.8) is 0 Å². The van der Waals surface area contributed by atoms with E-state index in [-0.39, 0.29) is 24.1 Å². The average Bonchev–Trinajstić information content (AvgIpc) is 2.90. The minimum atomic E-state index is -0.183. The van der Waals surface area contributed by atoms with Crippen molar-refractivity contribution in [3.8, 4) is 0 Å². The third-order valence-electron chi connectivity index (χ3n) is 4.11. The van der Waals surface area contributed by atoms with Gasteiger partial charge in [0.1, 0.15) is 0 Å². The van der Waals surface area contributed by atoms with E-state index in [1.807, 2.05) is 0 Å². The second-order valence-corrected chi connectivity index (χ2v) is 7.46. The Hall–Kier alpha value is -0.810. The van der Waals surface area contributed by atoms with Crippen LogP contribution in [0.25, 0.3) is 0 Å². The number of nitrogens with zero attached hydrogens (tertiary/aromatic N) is 1. The molecule has 1 fully saturated rings. The number of rotatable bonds is 7. The highest BCUT2D eigenvalue weighted by molar-refractivity contribution is 5.74. The Balaban J connectivity index is 2.20. The molecule has 1 atom stereocenters. The van der Waals surface area contributed by atoms with Crippen molar-refractivity contribution in [1.29, 1.82) is 0 Å². The van der Waals surface area contributed by atoms with Crippen LogP contribution in [0.3, 0.4) is 0 Å². The van der Waals surface area contributed by atoms with Crippen molar-refractivity contribution >= 4 is 6.03 Å². The van der Waals surface area contributed by atoms with Gasteiger partial charge >= 0.3 is 6.03 Å². The topological polar surface area (TPSA) is 64.6 Å². The molecule has 2 amide bonds. The summed E-state index contributed by atoms with van der Waals surface area (Å²) >= 11 is 0. The van der Waals surface area contributed by atoms with Crippen LogP contribution in [-0.2, 0) is 0 Å². The molecule has 1 unspecified atom stereocenters. The fourth-order valence-corrected chi connectivity index (χ4v) is 3.01. The summed E-state index contributed by atoms with van der Waals surface area (Å²) in [6, 6.07) is 0.316. The van der Waals surface area contributed by atoms with E-state index in [1.165, 1.54) is 25.7 Å². The van der Waals surface area contributed by atoms with Gasteiger partial charge in [0.25, 0.3) is 0 Å². The third-order valence-corrected chi connectivity index (χ3v) is 4.11. The van der Waals surface area contributed by atoms with Crippen molar-refractivity contribution in [1.82, 2.24) is 15.5 Å². The van der Waals surface area contributed by atoms with Crippen LogP contribution in [0, 0.1) is 5.41 Å². The van der Waals surface area contributed by atoms with Gasteiger partial charge in [-0.05, 0) is 31.7 Å². The average molecular weight is 299 g/mol. The SMILES string of the molecule is CN(CCNC(=O)NC(CO)CC(C)(C)C)C1CCCC1. The second kappa shape index (κ2) is 8.59. The molecule has 0 bridgehead atoms. The lowest BCUT2D eigenvalue weighted by molar-refractivity contribution is 0.189.